The number of hydrogen-bond acceptors (Lipinski definition) is 2. The summed E-state index contributed by atoms with van der Waals surface area (Å²) in [6, 6.07) is 2.12. The second-order valence-electron chi connectivity index (χ2n) is 2.53. The number of rotatable bonds is 0. The molecular weight excluding hydrogens is 114 g/mol. The van der Waals surface area contributed by atoms with Crippen LogP contribution in [0.3, 0.4) is 0 Å². The standard InChI is InChI=1S/C7H9NO/c1-5-6(4-8)2-3-7(5)9/h5-6H,2-3H2,1H3/t5-,6-/m1/s1. The van der Waals surface area contributed by atoms with Gasteiger partial charge in [-0.05, 0) is 6.42 Å². The van der Waals surface area contributed by atoms with Gasteiger partial charge in [-0.1, -0.05) is 6.92 Å². The molecule has 48 valence electrons. The number of nitrogens with zero attached hydrogens (tertiary/aromatic N) is 1. The van der Waals surface area contributed by atoms with Crippen LogP contribution in [0, 0.1) is 23.2 Å². The first-order valence-corrected chi connectivity index (χ1v) is 3.18. The Morgan fingerprint density at radius 3 is 2.67 bits per heavy atom. The van der Waals surface area contributed by atoms with Crippen LogP contribution < -0.4 is 0 Å². The van der Waals surface area contributed by atoms with Crippen molar-refractivity contribution in [3.8, 4) is 6.07 Å². The second-order valence-corrected chi connectivity index (χ2v) is 2.53. The van der Waals surface area contributed by atoms with E-state index in [-0.39, 0.29) is 17.6 Å². The summed E-state index contributed by atoms with van der Waals surface area (Å²) < 4.78 is 0. The van der Waals surface area contributed by atoms with Crippen molar-refractivity contribution in [2.24, 2.45) is 11.8 Å². The van der Waals surface area contributed by atoms with Crippen LogP contribution in [0.15, 0.2) is 0 Å². The molecule has 1 aliphatic rings. The fraction of sp³-hybridized carbons (Fsp3) is 0.714. The molecule has 0 heterocycles. The molecule has 2 atom stereocenters. The van der Waals surface area contributed by atoms with Gasteiger partial charge >= 0.3 is 0 Å². The largest absolute Gasteiger partial charge is 0.299 e. The first kappa shape index (κ1) is 6.28. The molecule has 0 aromatic heterocycles. The maximum absolute atomic E-state index is 10.8. The number of nitriles is 1. The minimum atomic E-state index is -0.00463. The third-order valence-corrected chi connectivity index (χ3v) is 1.98. The topological polar surface area (TPSA) is 40.9 Å². The van der Waals surface area contributed by atoms with E-state index in [0.717, 1.165) is 6.42 Å². The van der Waals surface area contributed by atoms with Crippen LogP contribution in [0.4, 0.5) is 0 Å². The first-order chi connectivity index (χ1) is 4.25. The molecule has 0 aliphatic heterocycles. The predicted octanol–water partition coefficient (Wildman–Crippen LogP) is 1.13. The molecule has 1 rings (SSSR count). The van der Waals surface area contributed by atoms with Crippen molar-refractivity contribution in [3.05, 3.63) is 0 Å². The maximum atomic E-state index is 10.8. The van der Waals surface area contributed by atoms with Crippen molar-refractivity contribution in [1.29, 1.82) is 5.26 Å². The molecular formula is C7H9NO. The van der Waals surface area contributed by atoms with E-state index in [0.29, 0.717) is 6.42 Å². The highest BCUT2D eigenvalue weighted by Gasteiger charge is 2.30. The Bertz CT molecular complexity index is 168. The minimum absolute atomic E-state index is 0.00231. The smallest absolute Gasteiger partial charge is 0.137 e. The fourth-order valence-electron chi connectivity index (χ4n) is 1.18. The highest BCUT2D eigenvalue weighted by atomic mass is 16.1. The second kappa shape index (κ2) is 2.18. The minimum Gasteiger partial charge on any atom is -0.299 e. The van der Waals surface area contributed by atoms with E-state index in [9.17, 15) is 4.79 Å². The molecule has 0 radical (unpaired) electrons. The fourth-order valence-corrected chi connectivity index (χ4v) is 1.18. The van der Waals surface area contributed by atoms with Gasteiger partial charge in [0.15, 0.2) is 0 Å². The van der Waals surface area contributed by atoms with Crippen molar-refractivity contribution < 1.29 is 4.79 Å². The van der Waals surface area contributed by atoms with Crippen molar-refractivity contribution in [2.45, 2.75) is 19.8 Å². The third-order valence-electron chi connectivity index (χ3n) is 1.98. The van der Waals surface area contributed by atoms with Gasteiger partial charge in [0.25, 0.3) is 0 Å². The van der Waals surface area contributed by atoms with E-state index in [1.54, 1.807) is 0 Å². The van der Waals surface area contributed by atoms with Gasteiger partial charge in [0, 0.05) is 12.3 Å². The van der Waals surface area contributed by atoms with Gasteiger partial charge in [-0.25, -0.2) is 0 Å². The van der Waals surface area contributed by atoms with E-state index in [2.05, 4.69) is 6.07 Å². The summed E-state index contributed by atoms with van der Waals surface area (Å²) in [5.41, 5.74) is 0. The molecule has 0 aromatic rings. The molecule has 2 heteroatoms. The van der Waals surface area contributed by atoms with Crippen LogP contribution in [0.5, 0.6) is 0 Å². The van der Waals surface area contributed by atoms with Gasteiger partial charge in [0.2, 0.25) is 0 Å². The normalized spacial score (nSPS) is 34.4. The lowest BCUT2D eigenvalue weighted by Crippen LogP contribution is -2.07. The molecule has 0 N–H and O–H groups in total. The highest BCUT2D eigenvalue weighted by Crippen LogP contribution is 2.26. The van der Waals surface area contributed by atoms with Crippen molar-refractivity contribution in [2.75, 3.05) is 0 Å². The van der Waals surface area contributed by atoms with Gasteiger partial charge in [0.05, 0.1) is 12.0 Å². The number of carbonyl (C=O) groups excluding carboxylic acids is 1. The number of carbonyl (C=O) groups is 1. The molecule has 1 fully saturated rings. The molecule has 9 heavy (non-hydrogen) atoms. The van der Waals surface area contributed by atoms with Crippen molar-refractivity contribution in [1.82, 2.24) is 0 Å². The molecule has 2 nitrogen and oxygen atoms in total. The monoisotopic (exact) mass is 123 g/mol. The zero-order valence-electron chi connectivity index (χ0n) is 5.42. The molecule has 1 aliphatic carbocycles. The van der Waals surface area contributed by atoms with Crippen molar-refractivity contribution >= 4 is 5.78 Å². The summed E-state index contributed by atoms with van der Waals surface area (Å²) in [5, 5.41) is 8.45. The quantitative estimate of drug-likeness (QED) is 0.484. The van der Waals surface area contributed by atoms with Gasteiger partial charge in [0.1, 0.15) is 5.78 Å². The Kier molecular flexibility index (Phi) is 1.52. The van der Waals surface area contributed by atoms with Crippen LogP contribution in [-0.2, 0) is 4.79 Å². The molecule has 0 aromatic carbocycles. The van der Waals surface area contributed by atoms with Crippen LogP contribution in [-0.4, -0.2) is 5.78 Å². The van der Waals surface area contributed by atoms with Crippen molar-refractivity contribution in [3.63, 3.8) is 0 Å². The Morgan fingerprint density at radius 2 is 2.44 bits per heavy atom. The maximum Gasteiger partial charge on any atom is 0.137 e. The van der Waals surface area contributed by atoms with Crippen LogP contribution in [0.2, 0.25) is 0 Å². The predicted molar refractivity (Wildman–Crippen MR) is 32.5 cm³/mol. The van der Waals surface area contributed by atoms with Gasteiger partial charge < -0.3 is 0 Å². The molecule has 0 amide bonds. The Balaban J connectivity index is 2.64. The highest BCUT2D eigenvalue weighted by molar-refractivity contribution is 5.83. The van der Waals surface area contributed by atoms with Gasteiger partial charge in [-0.15, -0.1) is 0 Å². The lowest BCUT2D eigenvalue weighted by atomic mass is 10.00. The average Bonchev–Trinajstić information content (AvgIpc) is 2.15. The zero-order valence-corrected chi connectivity index (χ0v) is 5.42. The summed E-state index contributed by atoms with van der Waals surface area (Å²) in [5.74, 6) is 0.244. The van der Waals surface area contributed by atoms with E-state index < -0.39 is 0 Å². The number of Topliss-reactive ketones (excluding diaryl/α,β-unsaturated/α-hetero) is 1. The summed E-state index contributed by atoms with van der Waals surface area (Å²) in [4.78, 5) is 10.8. The summed E-state index contributed by atoms with van der Waals surface area (Å²) in [6.45, 7) is 1.84. The Hall–Kier alpha value is -0.840. The van der Waals surface area contributed by atoms with Crippen LogP contribution >= 0.6 is 0 Å². The van der Waals surface area contributed by atoms with E-state index in [1.807, 2.05) is 6.92 Å². The molecule has 0 spiro atoms. The first-order valence-electron chi connectivity index (χ1n) is 3.18. The molecule has 0 bridgehead atoms. The van der Waals surface area contributed by atoms with Gasteiger partial charge in [-0.3, -0.25) is 4.79 Å². The van der Waals surface area contributed by atoms with Crippen LogP contribution in [0.1, 0.15) is 19.8 Å². The SMILES string of the molecule is C[C@H]1C(=O)CC[C@@H]1C#N. The summed E-state index contributed by atoms with van der Waals surface area (Å²) >= 11 is 0. The molecule has 0 saturated heterocycles. The zero-order chi connectivity index (χ0) is 6.85. The molecule has 1 saturated carbocycles. The van der Waals surface area contributed by atoms with E-state index >= 15 is 0 Å². The van der Waals surface area contributed by atoms with E-state index in [4.69, 9.17) is 5.26 Å². The lowest BCUT2D eigenvalue weighted by molar-refractivity contribution is -0.120. The Labute approximate surface area is 54.5 Å². The molecule has 0 unspecified atom stereocenters. The number of ketones is 1. The third kappa shape index (κ3) is 0.951. The number of hydrogen-bond donors (Lipinski definition) is 0. The lowest BCUT2D eigenvalue weighted by Gasteiger charge is -2.00. The average molecular weight is 123 g/mol. The summed E-state index contributed by atoms with van der Waals surface area (Å²) in [7, 11) is 0. The van der Waals surface area contributed by atoms with Gasteiger partial charge in [-0.2, -0.15) is 5.26 Å². The Morgan fingerprint density at radius 1 is 1.78 bits per heavy atom. The summed E-state index contributed by atoms with van der Waals surface area (Å²) in [6.07, 6.45) is 1.38. The van der Waals surface area contributed by atoms with Crippen LogP contribution in [0.25, 0.3) is 0 Å². The van der Waals surface area contributed by atoms with E-state index in [1.165, 1.54) is 0 Å².